The first kappa shape index (κ1) is 53.4. The predicted molar refractivity (Wildman–Crippen MR) is 284 cm³/mol. The van der Waals surface area contributed by atoms with Crippen LogP contribution in [0.4, 0.5) is 45.2 Å². The predicted octanol–water partition coefficient (Wildman–Crippen LogP) is 15.6. The number of fused-ring (bicyclic) bond motifs is 3. The van der Waals surface area contributed by atoms with Crippen molar-refractivity contribution in [1.82, 2.24) is 29.9 Å². The van der Waals surface area contributed by atoms with Crippen LogP contribution in [0.5, 0.6) is 0 Å². The van der Waals surface area contributed by atoms with Gasteiger partial charge in [0.2, 0.25) is 5.41 Å². The van der Waals surface area contributed by atoms with Crippen LogP contribution in [0.3, 0.4) is 0 Å². The molecule has 0 spiro atoms. The normalized spacial score (nSPS) is 11.8. The molecule has 75 heavy (non-hydrogen) atoms. The molecule has 1 atom stereocenters. The fourth-order valence-corrected chi connectivity index (χ4v) is 9.33. The summed E-state index contributed by atoms with van der Waals surface area (Å²) >= 11 is 0. The fraction of sp³-hybridized carbons (Fsp3) is 0.190. The monoisotopic (exact) mass is 1050 g/mol. The lowest BCUT2D eigenvalue weighted by Crippen LogP contribution is -2.54. The van der Waals surface area contributed by atoms with Crippen LogP contribution in [0.1, 0.15) is 61.3 Å². The maximum Gasteiger partial charge on any atom is 0.411 e. The van der Waals surface area contributed by atoms with E-state index in [1.54, 1.807) is 49.4 Å². The van der Waals surface area contributed by atoms with Crippen molar-refractivity contribution in [3.05, 3.63) is 172 Å². The smallest absolute Gasteiger partial charge is 0.385 e. The Kier molecular flexibility index (Phi) is 15.1. The quantitative estimate of drug-likeness (QED) is 0.0475. The van der Waals surface area contributed by atoms with Crippen molar-refractivity contribution >= 4 is 53.3 Å². The molecule has 0 saturated carbocycles. The number of terminal acetylenes is 1. The molecule has 0 fully saturated rings. The zero-order valence-corrected chi connectivity index (χ0v) is 42.5. The third-order valence-corrected chi connectivity index (χ3v) is 13.5. The molecule has 1 unspecified atom stereocenters. The highest BCUT2D eigenvalue weighted by Crippen LogP contribution is 2.56. The lowest BCUT2D eigenvalue weighted by molar-refractivity contribution is -0.288. The van der Waals surface area contributed by atoms with Crippen LogP contribution in [-0.2, 0) is 11.8 Å². The van der Waals surface area contributed by atoms with Crippen LogP contribution >= 0.6 is 9.24 Å². The van der Waals surface area contributed by atoms with Crippen LogP contribution in [0.25, 0.3) is 78.1 Å². The summed E-state index contributed by atoms with van der Waals surface area (Å²) in [6.45, 7) is 11.7. The zero-order valence-electron chi connectivity index (χ0n) is 41.4. The number of aryl methyl sites for hydroxylation is 1. The highest BCUT2D eigenvalue weighted by Gasteiger charge is 2.72. The number of alkyl halides is 6. The van der Waals surface area contributed by atoms with Crippen molar-refractivity contribution in [3.8, 4) is 57.4 Å². The number of aromatic nitrogens is 6. The van der Waals surface area contributed by atoms with E-state index >= 15 is 30.7 Å². The Hall–Kier alpha value is -7.89. The van der Waals surface area contributed by atoms with Gasteiger partial charge in [0.05, 0.1) is 38.7 Å². The molecule has 0 radical (unpaired) electrons. The van der Waals surface area contributed by atoms with E-state index in [1.165, 1.54) is 31.2 Å². The maximum atomic E-state index is 15.2. The summed E-state index contributed by atoms with van der Waals surface area (Å²) in [5.41, 5.74) is 2.03. The highest BCUT2D eigenvalue weighted by atomic mass is 31.0. The van der Waals surface area contributed by atoms with Gasteiger partial charge in [-0.2, -0.15) is 26.3 Å². The van der Waals surface area contributed by atoms with Crippen LogP contribution in [-0.4, -0.2) is 48.8 Å². The maximum absolute atomic E-state index is 15.2. The molecule has 0 aliphatic heterocycles. The molecule has 0 amide bonds. The van der Waals surface area contributed by atoms with E-state index in [9.17, 15) is 8.78 Å². The number of nitrogens with zero attached hydrogens (tertiary/aromatic N) is 3. The number of H-pyrrole nitrogens is 3. The zero-order chi connectivity index (χ0) is 54.1. The Morgan fingerprint density at radius 3 is 1.53 bits per heavy atom. The van der Waals surface area contributed by atoms with E-state index < -0.39 is 51.9 Å². The topological polar surface area (TPSA) is 98.1 Å². The number of hydrogen-bond acceptors (Lipinski definition) is 4. The van der Waals surface area contributed by atoms with Gasteiger partial charge in [-0.1, -0.05) is 92.7 Å². The average Bonchev–Trinajstić information content (AvgIpc) is 4.13. The lowest BCUT2D eigenvalue weighted by Gasteiger charge is -2.38. The van der Waals surface area contributed by atoms with Crippen molar-refractivity contribution in [3.63, 3.8) is 0 Å². The summed E-state index contributed by atoms with van der Waals surface area (Å²) in [5.74, 6) is -0.746. The molecule has 10 rings (SSSR count). The largest absolute Gasteiger partial charge is 0.411 e. The second kappa shape index (κ2) is 21.2. The standard InChI is InChI=1S/C53H39F9N7P.C3H4.C2H6/c1-4-63-39-22-30(8-5-26(39)2)32-12-19-37-41(24-32)68-49(66-37)29-9-16-35(17-10-29)51(52(57,58)59,53(60,61)62)34-14-6-28(7-15-34)21-43-64-36-18-11-31(23-40(36)65-43)33-13-20-38-42(25-33)69-50(67-38)44-46(55)45(54)27(3)48(70)47(44)56;1-3-2;1-2/h5-20,22-25,63H,4,21,70H2,1-3H3,(H,64,65)(H,66,68)(H,67,69);1H,2H3;1-2H3. The first-order valence-corrected chi connectivity index (χ1v) is 24.3. The van der Waals surface area contributed by atoms with Gasteiger partial charge in [-0.3, -0.25) is 0 Å². The van der Waals surface area contributed by atoms with Gasteiger partial charge in [0.15, 0.2) is 11.6 Å². The number of anilines is 1. The molecule has 7 nitrogen and oxygen atoms in total. The Balaban J connectivity index is 0.00000144. The fourth-order valence-electron chi connectivity index (χ4n) is 9.06. The van der Waals surface area contributed by atoms with Gasteiger partial charge in [0.1, 0.15) is 23.3 Å². The molecule has 3 aromatic heterocycles. The van der Waals surface area contributed by atoms with Crippen LogP contribution in [0.15, 0.2) is 121 Å². The number of hydrogen-bond donors (Lipinski definition) is 4. The van der Waals surface area contributed by atoms with Crippen LogP contribution in [0, 0.1) is 43.6 Å². The van der Waals surface area contributed by atoms with E-state index in [0.29, 0.717) is 61.2 Å². The molecule has 0 bridgehead atoms. The van der Waals surface area contributed by atoms with Gasteiger partial charge >= 0.3 is 12.4 Å². The molecule has 0 saturated heterocycles. The first-order valence-electron chi connectivity index (χ1n) is 23.7. The molecule has 10 aromatic rings. The summed E-state index contributed by atoms with van der Waals surface area (Å²) in [6, 6.07) is 30.3. The molecule has 384 valence electrons. The van der Waals surface area contributed by atoms with Crippen molar-refractivity contribution in [2.24, 2.45) is 0 Å². The average molecular weight is 1050 g/mol. The minimum absolute atomic E-state index is 0.0543. The molecule has 7 aromatic carbocycles. The third kappa shape index (κ3) is 9.97. The first-order chi connectivity index (χ1) is 35.8. The summed E-state index contributed by atoms with van der Waals surface area (Å²) in [7, 11) is 2.08. The van der Waals surface area contributed by atoms with E-state index in [-0.39, 0.29) is 28.9 Å². The van der Waals surface area contributed by atoms with Gasteiger partial charge in [0, 0.05) is 29.5 Å². The summed E-state index contributed by atoms with van der Waals surface area (Å²) in [5, 5.41) is 3.22. The minimum atomic E-state index is -5.79. The minimum Gasteiger partial charge on any atom is -0.385 e. The van der Waals surface area contributed by atoms with Crippen molar-refractivity contribution in [2.75, 3.05) is 11.9 Å². The lowest BCUT2D eigenvalue weighted by atomic mass is 9.72. The van der Waals surface area contributed by atoms with Crippen LogP contribution in [0.2, 0.25) is 0 Å². The van der Waals surface area contributed by atoms with Gasteiger partial charge in [-0.15, -0.1) is 21.6 Å². The highest BCUT2D eigenvalue weighted by molar-refractivity contribution is 7.27. The van der Waals surface area contributed by atoms with Gasteiger partial charge in [-0.05, 0) is 120 Å². The molecule has 0 aliphatic carbocycles. The Bertz CT molecular complexity index is 3710. The molecule has 4 N–H and O–H groups in total. The summed E-state index contributed by atoms with van der Waals surface area (Å²) < 4.78 is 136. The van der Waals surface area contributed by atoms with E-state index in [0.717, 1.165) is 53.2 Å². The Morgan fingerprint density at radius 2 is 1.01 bits per heavy atom. The van der Waals surface area contributed by atoms with E-state index in [2.05, 4.69) is 56.8 Å². The van der Waals surface area contributed by atoms with Gasteiger partial charge in [0.25, 0.3) is 0 Å². The number of benzene rings is 7. The van der Waals surface area contributed by atoms with Crippen molar-refractivity contribution in [2.45, 2.75) is 65.7 Å². The third-order valence-electron chi connectivity index (χ3n) is 12.8. The second-order valence-corrected chi connectivity index (χ2v) is 18.0. The Labute approximate surface area is 428 Å². The molecular formula is C58H49F9N7P. The number of nitrogens with one attached hydrogen (secondary N) is 4. The van der Waals surface area contributed by atoms with Crippen molar-refractivity contribution < 1.29 is 39.5 Å². The molecule has 3 heterocycles. The van der Waals surface area contributed by atoms with Gasteiger partial charge in [-0.25, -0.2) is 28.1 Å². The number of imidazole rings is 3. The van der Waals surface area contributed by atoms with E-state index in [4.69, 9.17) is 0 Å². The number of halogens is 9. The van der Waals surface area contributed by atoms with Gasteiger partial charge < -0.3 is 20.3 Å². The molecule has 0 aliphatic rings. The number of aromatic amines is 3. The summed E-state index contributed by atoms with van der Waals surface area (Å²) in [4.78, 5) is 22.7. The molecule has 17 heteroatoms. The van der Waals surface area contributed by atoms with Crippen molar-refractivity contribution in [1.29, 1.82) is 0 Å². The molecular weight excluding hydrogens is 997 g/mol. The SMILES string of the molecule is C#CC.CC.CCNc1cc(-c2ccc3nc(-c4ccc(C(c5ccc(Cc6nc7ccc(-c8ccc9nc(-c%10c(F)c(F)c(C)c(P)c%10F)[nH]c9c8)cc7[nH]6)cc5)(C(F)(F)F)C(F)(F)F)cc4)[nH]c3c2)ccc1C. The van der Waals surface area contributed by atoms with Crippen LogP contribution < -0.4 is 10.6 Å². The number of rotatable bonds is 10. The second-order valence-electron chi connectivity index (χ2n) is 17.5. The van der Waals surface area contributed by atoms with E-state index in [1.807, 2.05) is 58.0 Å². The summed E-state index contributed by atoms with van der Waals surface area (Å²) in [6.07, 6.45) is -6.93. The Morgan fingerprint density at radius 1 is 0.573 bits per heavy atom.